The zero-order chi connectivity index (χ0) is 18.5. The van der Waals surface area contributed by atoms with E-state index in [-0.39, 0.29) is 22.2 Å². The van der Waals surface area contributed by atoms with Crippen molar-refractivity contribution in [3.8, 4) is 0 Å². The third-order valence-electron chi connectivity index (χ3n) is 2.72. The van der Waals surface area contributed by atoms with Gasteiger partial charge in [0.1, 0.15) is 15.9 Å². The number of nitrogens with one attached hydrogen (secondary N) is 1. The normalized spacial score (nSPS) is 11.9. The van der Waals surface area contributed by atoms with Crippen molar-refractivity contribution in [2.75, 3.05) is 0 Å². The number of H-pyrrole nitrogens is 1. The smallest absolute Gasteiger partial charge is 0.147 e. The number of nitrogens with zero attached hydrogens (tertiary/aromatic N) is 1. The highest BCUT2D eigenvalue weighted by Crippen LogP contribution is 2.15. The van der Waals surface area contributed by atoms with Crippen molar-refractivity contribution < 1.29 is 9.59 Å². The van der Waals surface area contributed by atoms with E-state index < -0.39 is 0 Å². The number of hydrogen-bond acceptors (Lipinski definition) is 4. The molecule has 0 aromatic carbocycles. The van der Waals surface area contributed by atoms with Crippen LogP contribution in [-0.4, -0.2) is 36.1 Å². The molecule has 7 heteroatoms. The second kappa shape index (κ2) is 13.0. The molecular formula is C17H23ClN2O2S2. The maximum Gasteiger partial charge on any atom is 0.147 e. The summed E-state index contributed by atoms with van der Waals surface area (Å²) in [5.74, 6) is 0.177. The van der Waals surface area contributed by atoms with Gasteiger partial charge in [0.2, 0.25) is 0 Å². The fourth-order valence-corrected chi connectivity index (χ4v) is 2.30. The monoisotopic (exact) mass is 386 g/mol. The number of aromatic nitrogens is 2. The van der Waals surface area contributed by atoms with Crippen LogP contribution in [0, 0.1) is 0 Å². The van der Waals surface area contributed by atoms with Crippen molar-refractivity contribution in [1.82, 2.24) is 9.55 Å². The van der Waals surface area contributed by atoms with Crippen LogP contribution in [0.3, 0.4) is 0 Å². The third kappa shape index (κ3) is 11.2. The van der Waals surface area contributed by atoms with E-state index in [2.05, 4.69) is 4.98 Å². The van der Waals surface area contributed by atoms with Gasteiger partial charge in [-0.3, -0.25) is 9.59 Å². The van der Waals surface area contributed by atoms with Crippen LogP contribution in [0.25, 0.3) is 0 Å². The summed E-state index contributed by atoms with van der Waals surface area (Å²) in [6, 6.07) is 7.70. The fourth-order valence-electron chi connectivity index (χ4n) is 1.03. The molecule has 2 rings (SSSR count). The Balaban J connectivity index is 0.000000396. The Morgan fingerprint density at radius 3 is 1.79 bits per heavy atom. The van der Waals surface area contributed by atoms with Gasteiger partial charge in [0.25, 0.3) is 0 Å². The van der Waals surface area contributed by atoms with Gasteiger partial charge in [-0.15, -0.1) is 11.6 Å². The van der Waals surface area contributed by atoms with Crippen LogP contribution in [0.15, 0.2) is 49.1 Å². The minimum atomic E-state index is -0.315. The van der Waals surface area contributed by atoms with Gasteiger partial charge in [-0.1, -0.05) is 24.0 Å². The van der Waals surface area contributed by atoms with Crippen molar-refractivity contribution in [3.63, 3.8) is 0 Å². The summed E-state index contributed by atoms with van der Waals surface area (Å²) in [6.07, 6.45) is 7.50. The van der Waals surface area contributed by atoms with E-state index in [1.165, 1.54) is 18.7 Å². The first-order chi connectivity index (χ1) is 11.3. The molecule has 0 bridgehead atoms. The summed E-state index contributed by atoms with van der Waals surface area (Å²) >= 11 is 11.8. The molecule has 132 valence electrons. The number of halogens is 1. The molecule has 0 amide bonds. The molecule has 24 heavy (non-hydrogen) atoms. The molecule has 2 heterocycles. The van der Waals surface area contributed by atoms with Crippen molar-refractivity contribution >= 4 is 51.5 Å². The van der Waals surface area contributed by atoms with E-state index in [0.717, 1.165) is 0 Å². The van der Waals surface area contributed by atoms with Crippen molar-refractivity contribution in [2.45, 2.75) is 38.3 Å². The standard InChI is InChI=1S/C9H11NOS2.C4H7ClO.C4H5N/c1-7(11)8(2)13-9(12)10-5-3-4-6-10;1-3(5)4(2)6;1-2-4-5-3-1/h3-6,8H,1-2H3;3H,1-2H3;1-5H. The predicted octanol–water partition coefficient (Wildman–Crippen LogP) is 4.55. The lowest BCUT2D eigenvalue weighted by Gasteiger charge is -2.08. The topological polar surface area (TPSA) is 54.9 Å². The lowest BCUT2D eigenvalue weighted by atomic mass is 10.3. The molecule has 0 saturated carbocycles. The minimum absolute atomic E-state index is 0.0247. The van der Waals surface area contributed by atoms with Crippen LogP contribution in [-0.2, 0) is 9.59 Å². The van der Waals surface area contributed by atoms with E-state index in [9.17, 15) is 9.59 Å². The highest BCUT2D eigenvalue weighted by atomic mass is 35.5. The lowest BCUT2D eigenvalue weighted by Crippen LogP contribution is -2.14. The lowest BCUT2D eigenvalue weighted by molar-refractivity contribution is -0.117. The molecule has 2 aromatic heterocycles. The first kappa shape index (κ1) is 22.6. The summed E-state index contributed by atoms with van der Waals surface area (Å²) in [6.45, 7) is 6.57. The van der Waals surface area contributed by atoms with E-state index in [1.807, 2.05) is 60.5 Å². The number of rotatable bonds is 3. The van der Waals surface area contributed by atoms with Gasteiger partial charge in [0.05, 0.1) is 10.6 Å². The van der Waals surface area contributed by atoms with Gasteiger partial charge >= 0.3 is 0 Å². The third-order valence-corrected chi connectivity index (χ3v) is 4.63. The number of thioether (sulfide) groups is 1. The van der Waals surface area contributed by atoms with E-state index in [4.69, 9.17) is 23.8 Å². The number of alkyl halides is 1. The number of carbonyl (C=O) groups is 2. The van der Waals surface area contributed by atoms with Crippen LogP contribution >= 0.6 is 35.6 Å². The zero-order valence-electron chi connectivity index (χ0n) is 14.2. The van der Waals surface area contributed by atoms with E-state index in [1.54, 1.807) is 13.8 Å². The number of aromatic amines is 1. The Hall–Kier alpha value is -1.37. The Morgan fingerprint density at radius 2 is 1.50 bits per heavy atom. The Bertz CT molecular complexity index is 579. The van der Waals surface area contributed by atoms with Crippen LogP contribution in [0.4, 0.5) is 0 Å². The maximum atomic E-state index is 11.0. The number of thiocarbonyl (C=S) groups is 1. The van der Waals surface area contributed by atoms with Crippen LogP contribution in [0.5, 0.6) is 0 Å². The highest BCUT2D eigenvalue weighted by Gasteiger charge is 2.11. The zero-order valence-corrected chi connectivity index (χ0v) is 16.6. The van der Waals surface area contributed by atoms with Gasteiger partial charge in [-0.2, -0.15) is 0 Å². The number of Topliss-reactive ketones (excluding diaryl/α,β-unsaturated/α-hetero) is 2. The first-order valence-electron chi connectivity index (χ1n) is 7.32. The fraction of sp³-hybridized carbons (Fsp3) is 0.353. The van der Waals surface area contributed by atoms with E-state index >= 15 is 0 Å². The molecule has 2 aromatic rings. The molecule has 2 atom stereocenters. The molecule has 0 aliphatic rings. The molecule has 0 radical (unpaired) electrons. The molecule has 2 unspecified atom stereocenters. The van der Waals surface area contributed by atoms with Crippen molar-refractivity contribution in [2.24, 2.45) is 0 Å². The van der Waals surface area contributed by atoms with Crippen LogP contribution in [0.2, 0.25) is 0 Å². The van der Waals surface area contributed by atoms with Gasteiger partial charge < -0.3 is 9.55 Å². The Labute approximate surface area is 158 Å². The molecule has 0 fully saturated rings. The first-order valence-corrected chi connectivity index (χ1v) is 9.04. The summed E-state index contributed by atoms with van der Waals surface area (Å²) in [5, 5.41) is -0.375. The molecule has 1 N–H and O–H groups in total. The molecule has 4 nitrogen and oxygen atoms in total. The Kier molecular flexibility index (Phi) is 12.2. The average molecular weight is 387 g/mol. The summed E-state index contributed by atoms with van der Waals surface area (Å²) in [7, 11) is 0. The van der Waals surface area contributed by atoms with Crippen molar-refractivity contribution in [1.29, 1.82) is 0 Å². The maximum absolute atomic E-state index is 11.0. The SMILES string of the molecule is CC(=O)C(C)Cl.CC(=O)C(C)SC(=S)n1cccc1.c1cc[nH]c1. The van der Waals surface area contributed by atoms with Gasteiger partial charge in [0.15, 0.2) is 0 Å². The van der Waals surface area contributed by atoms with Crippen LogP contribution < -0.4 is 0 Å². The second-order valence-electron chi connectivity index (χ2n) is 4.84. The predicted molar refractivity (Wildman–Crippen MR) is 107 cm³/mol. The minimum Gasteiger partial charge on any atom is -0.368 e. The van der Waals surface area contributed by atoms with Gasteiger partial charge in [-0.05, 0) is 52.0 Å². The average Bonchev–Trinajstić information content (AvgIpc) is 3.23. The van der Waals surface area contributed by atoms with Gasteiger partial charge in [-0.25, -0.2) is 0 Å². The molecule has 0 aliphatic heterocycles. The molecule has 0 aliphatic carbocycles. The summed E-state index contributed by atoms with van der Waals surface area (Å²) in [4.78, 5) is 23.8. The largest absolute Gasteiger partial charge is 0.368 e. The van der Waals surface area contributed by atoms with E-state index in [0.29, 0.717) is 4.32 Å². The molecular weight excluding hydrogens is 364 g/mol. The Morgan fingerprint density at radius 1 is 1.04 bits per heavy atom. The molecule has 0 spiro atoms. The summed E-state index contributed by atoms with van der Waals surface area (Å²) in [5.41, 5.74) is 0. The summed E-state index contributed by atoms with van der Waals surface area (Å²) < 4.78 is 2.55. The number of hydrogen-bond donors (Lipinski definition) is 1. The second-order valence-corrected chi connectivity index (χ2v) is 7.47. The van der Waals surface area contributed by atoms with Crippen LogP contribution in [0.1, 0.15) is 27.7 Å². The van der Waals surface area contributed by atoms with Gasteiger partial charge in [0, 0.05) is 24.8 Å². The molecule has 0 saturated heterocycles. The number of ketones is 2. The quantitative estimate of drug-likeness (QED) is 0.621. The van der Waals surface area contributed by atoms with Crippen molar-refractivity contribution in [3.05, 3.63) is 49.1 Å². The highest BCUT2D eigenvalue weighted by molar-refractivity contribution is 8.23. The number of carbonyl (C=O) groups excluding carboxylic acids is 2.